The van der Waals surface area contributed by atoms with E-state index in [2.05, 4.69) is 20.3 Å². The number of ether oxygens (including phenoxy) is 1. The van der Waals surface area contributed by atoms with E-state index in [0.29, 0.717) is 28.4 Å². The van der Waals surface area contributed by atoms with Gasteiger partial charge in [0.05, 0.1) is 16.8 Å². The maximum Gasteiger partial charge on any atom is 0.231 e. The van der Waals surface area contributed by atoms with Crippen LogP contribution in [0.3, 0.4) is 0 Å². The van der Waals surface area contributed by atoms with Crippen molar-refractivity contribution in [1.29, 1.82) is 0 Å². The van der Waals surface area contributed by atoms with E-state index in [9.17, 15) is 0 Å². The summed E-state index contributed by atoms with van der Waals surface area (Å²) >= 11 is 2.95. The molecule has 0 saturated heterocycles. The standard InChI is InChI=1S/C14H12N6OS2/c1-2-21-12-6-5-11-17-18-14(20(11)19-12)22-8-3-4-9-10(7-8)23-13(15)16-9/h3-7H,2H2,1H3,(H2,15,16). The van der Waals surface area contributed by atoms with Gasteiger partial charge in [0.2, 0.25) is 11.0 Å². The van der Waals surface area contributed by atoms with Gasteiger partial charge in [-0.25, -0.2) is 4.98 Å². The fourth-order valence-electron chi connectivity index (χ4n) is 2.13. The molecule has 0 radical (unpaired) electrons. The van der Waals surface area contributed by atoms with Gasteiger partial charge in [0.1, 0.15) is 0 Å². The Balaban J connectivity index is 1.71. The van der Waals surface area contributed by atoms with Crippen molar-refractivity contribution < 1.29 is 4.74 Å². The molecule has 3 heterocycles. The molecule has 2 N–H and O–H groups in total. The van der Waals surface area contributed by atoms with Crippen molar-refractivity contribution in [3.63, 3.8) is 0 Å². The first-order valence-corrected chi connectivity index (χ1v) is 8.55. The van der Waals surface area contributed by atoms with Crippen LogP contribution in [0.15, 0.2) is 40.4 Å². The molecule has 0 aliphatic heterocycles. The third kappa shape index (κ3) is 2.68. The van der Waals surface area contributed by atoms with E-state index in [0.717, 1.165) is 15.1 Å². The Hall–Kier alpha value is -2.39. The molecule has 0 bridgehead atoms. The molecule has 3 aromatic heterocycles. The van der Waals surface area contributed by atoms with Gasteiger partial charge < -0.3 is 10.5 Å². The smallest absolute Gasteiger partial charge is 0.231 e. The van der Waals surface area contributed by atoms with Gasteiger partial charge in [-0.2, -0.15) is 4.52 Å². The van der Waals surface area contributed by atoms with Crippen LogP contribution in [0.4, 0.5) is 5.13 Å². The molecule has 0 spiro atoms. The molecule has 1 aromatic carbocycles. The summed E-state index contributed by atoms with van der Waals surface area (Å²) in [6.45, 7) is 2.48. The molecule has 0 aliphatic carbocycles. The monoisotopic (exact) mass is 344 g/mol. The minimum Gasteiger partial charge on any atom is -0.477 e. The summed E-state index contributed by atoms with van der Waals surface area (Å²) in [5.41, 5.74) is 7.33. The highest BCUT2D eigenvalue weighted by molar-refractivity contribution is 7.99. The van der Waals surface area contributed by atoms with Gasteiger partial charge in [0.15, 0.2) is 10.8 Å². The fourth-order valence-corrected chi connectivity index (χ4v) is 3.81. The molecule has 4 rings (SSSR count). The van der Waals surface area contributed by atoms with Crippen LogP contribution in [0.25, 0.3) is 15.9 Å². The Bertz CT molecular complexity index is 995. The molecule has 0 saturated carbocycles. The minimum atomic E-state index is 0.548. The molecule has 7 nitrogen and oxygen atoms in total. The summed E-state index contributed by atoms with van der Waals surface area (Å²) in [7, 11) is 0. The summed E-state index contributed by atoms with van der Waals surface area (Å²) in [6.07, 6.45) is 0. The molecule has 0 atom stereocenters. The predicted octanol–water partition coefficient (Wildman–Crippen LogP) is 2.87. The molecule has 23 heavy (non-hydrogen) atoms. The molecule has 0 unspecified atom stereocenters. The zero-order valence-electron chi connectivity index (χ0n) is 12.1. The van der Waals surface area contributed by atoms with Crippen molar-refractivity contribution in [3.05, 3.63) is 30.3 Å². The molecule has 0 fully saturated rings. The summed E-state index contributed by atoms with van der Waals surface area (Å²) in [4.78, 5) is 5.29. The molecule has 0 amide bonds. The normalized spacial score (nSPS) is 11.3. The number of rotatable bonds is 4. The van der Waals surface area contributed by atoms with Crippen LogP contribution in [0.1, 0.15) is 6.92 Å². The second-order valence-corrected chi connectivity index (χ2v) is 6.74. The molecule has 116 valence electrons. The number of nitrogens with two attached hydrogens (primary N) is 1. The maximum absolute atomic E-state index is 5.75. The highest BCUT2D eigenvalue weighted by Crippen LogP contribution is 2.32. The summed E-state index contributed by atoms with van der Waals surface area (Å²) < 4.78 is 8.16. The quantitative estimate of drug-likeness (QED) is 0.608. The third-order valence-corrected chi connectivity index (χ3v) is 4.86. The van der Waals surface area contributed by atoms with Crippen molar-refractivity contribution in [2.45, 2.75) is 17.0 Å². The number of aromatic nitrogens is 5. The van der Waals surface area contributed by atoms with Gasteiger partial charge in [-0.3, -0.25) is 0 Å². The number of hydrogen-bond donors (Lipinski definition) is 1. The lowest BCUT2D eigenvalue weighted by molar-refractivity contribution is 0.320. The lowest BCUT2D eigenvalue weighted by Gasteiger charge is -2.03. The van der Waals surface area contributed by atoms with E-state index in [4.69, 9.17) is 10.5 Å². The predicted molar refractivity (Wildman–Crippen MR) is 90.1 cm³/mol. The summed E-state index contributed by atoms with van der Waals surface area (Å²) in [5, 5.41) is 14.0. The van der Waals surface area contributed by atoms with Gasteiger partial charge in [-0.1, -0.05) is 11.3 Å². The first-order valence-electron chi connectivity index (χ1n) is 6.92. The Morgan fingerprint density at radius 3 is 3.04 bits per heavy atom. The highest BCUT2D eigenvalue weighted by Gasteiger charge is 2.11. The molecule has 9 heteroatoms. The van der Waals surface area contributed by atoms with Gasteiger partial charge in [-0.15, -0.1) is 15.3 Å². The number of nitrogen functional groups attached to an aromatic ring is 1. The zero-order chi connectivity index (χ0) is 15.8. The average molecular weight is 344 g/mol. The second-order valence-electron chi connectivity index (χ2n) is 4.64. The number of anilines is 1. The van der Waals surface area contributed by atoms with Crippen molar-refractivity contribution in [2.75, 3.05) is 12.3 Å². The van der Waals surface area contributed by atoms with E-state index in [1.807, 2.05) is 31.2 Å². The summed E-state index contributed by atoms with van der Waals surface area (Å²) in [5.74, 6) is 0.548. The van der Waals surface area contributed by atoms with Crippen molar-refractivity contribution in [1.82, 2.24) is 24.8 Å². The maximum atomic E-state index is 5.75. The number of benzene rings is 1. The van der Waals surface area contributed by atoms with Crippen LogP contribution in [-0.4, -0.2) is 31.4 Å². The molecular formula is C14H12N6OS2. The first-order chi connectivity index (χ1) is 11.2. The van der Waals surface area contributed by atoms with Crippen LogP contribution in [0, 0.1) is 0 Å². The molecule has 4 aromatic rings. The SMILES string of the molecule is CCOc1ccc2nnc(Sc3ccc4nc(N)sc4c3)n2n1. The molecule has 0 aliphatic rings. The fraction of sp³-hybridized carbons (Fsp3) is 0.143. The van der Waals surface area contributed by atoms with E-state index >= 15 is 0 Å². The Labute approximate surface area is 139 Å². The van der Waals surface area contributed by atoms with Crippen molar-refractivity contribution in [2.24, 2.45) is 0 Å². The van der Waals surface area contributed by atoms with Gasteiger partial charge in [-0.05, 0) is 43.0 Å². The number of nitrogens with zero attached hydrogens (tertiary/aromatic N) is 5. The van der Waals surface area contributed by atoms with Crippen LogP contribution in [-0.2, 0) is 0 Å². The van der Waals surface area contributed by atoms with Gasteiger partial charge in [0.25, 0.3) is 0 Å². The van der Waals surface area contributed by atoms with E-state index in [1.165, 1.54) is 23.1 Å². The van der Waals surface area contributed by atoms with Gasteiger partial charge in [0, 0.05) is 11.0 Å². The van der Waals surface area contributed by atoms with Crippen molar-refractivity contribution >= 4 is 44.1 Å². The Morgan fingerprint density at radius 2 is 2.17 bits per heavy atom. The van der Waals surface area contributed by atoms with Crippen LogP contribution in [0.2, 0.25) is 0 Å². The van der Waals surface area contributed by atoms with E-state index in [-0.39, 0.29) is 0 Å². The first kappa shape index (κ1) is 14.2. The second kappa shape index (κ2) is 5.67. The Morgan fingerprint density at radius 1 is 1.26 bits per heavy atom. The lowest BCUT2D eigenvalue weighted by Crippen LogP contribution is -1.99. The van der Waals surface area contributed by atoms with Gasteiger partial charge >= 0.3 is 0 Å². The van der Waals surface area contributed by atoms with Crippen LogP contribution >= 0.6 is 23.1 Å². The highest BCUT2D eigenvalue weighted by atomic mass is 32.2. The van der Waals surface area contributed by atoms with Crippen molar-refractivity contribution in [3.8, 4) is 5.88 Å². The number of hydrogen-bond acceptors (Lipinski definition) is 8. The number of fused-ring (bicyclic) bond motifs is 2. The largest absolute Gasteiger partial charge is 0.477 e. The molecular weight excluding hydrogens is 332 g/mol. The van der Waals surface area contributed by atoms with Crippen LogP contribution in [0.5, 0.6) is 5.88 Å². The third-order valence-electron chi connectivity index (χ3n) is 3.09. The van der Waals surface area contributed by atoms with Crippen LogP contribution < -0.4 is 10.5 Å². The minimum absolute atomic E-state index is 0.548. The summed E-state index contributed by atoms with van der Waals surface area (Å²) in [6, 6.07) is 9.60. The number of thiazole rings is 1. The lowest BCUT2D eigenvalue weighted by atomic mass is 10.3. The average Bonchev–Trinajstić information content (AvgIpc) is 3.10. The van der Waals surface area contributed by atoms with E-state index in [1.54, 1.807) is 10.6 Å². The topological polar surface area (TPSA) is 91.2 Å². The Kier molecular flexibility index (Phi) is 3.50. The van der Waals surface area contributed by atoms with E-state index < -0.39 is 0 Å². The zero-order valence-corrected chi connectivity index (χ0v) is 13.8.